The highest BCUT2D eigenvalue weighted by atomic mass is 16.8. The molecule has 8 atom stereocenters. The Bertz CT molecular complexity index is 788. The highest BCUT2D eigenvalue weighted by molar-refractivity contribution is 5.91. The molecule has 8 N–H and O–H groups in total. The van der Waals surface area contributed by atoms with Crippen LogP contribution in [0.15, 0.2) is 18.2 Å². The predicted octanol–water partition coefficient (Wildman–Crippen LogP) is -3.27. The van der Waals surface area contributed by atoms with Crippen molar-refractivity contribution in [2.45, 2.75) is 48.7 Å². The van der Waals surface area contributed by atoms with E-state index in [9.17, 15) is 40.5 Å². The first-order valence-corrected chi connectivity index (χ1v) is 9.25. The average Bonchev–Trinajstić information content (AvgIpc) is 3.03. The van der Waals surface area contributed by atoms with Crippen molar-refractivity contribution >= 4 is 5.97 Å². The van der Waals surface area contributed by atoms with Gasteiger partial charge >= 0.3 is 5.97 Å². The molecule has 2 saturated heterocycles. The van der Waals surface area contributed by atoms with Crippen molar-refractivity contribution in [3.8, 4) is 11.5 Å². The molecule has 13 heteroatoms. The molecule has 0 bridgehead atoms. The Hall–Kier alpha value is -2.07. The molecule has 0 spiro atoms. The van der Waals surface area contributed by atoms with E-state index >= 15 is 0 Å². The maximum absolute atomic E-state index is 11.2. The summed E-state index contributed by atoms with van der Waals surface area (Å²) < 4.78 is 21.6. The number of carboxylic acids is 1. The first kappa shape index (κ1) is 23.6. The molecule has 0 unspecified atom stereocenters. The number of aliphatic hydroxyl groups is 6. The number of rotatable bonds is 7. The fraction of sp³-hybridized carbons (Fsp3) is 0.611. The van der Waals surface area contributed by atoms with E-state index in [0.29, 0.717) is 0 Å². The van der Waals surface area contributed by atoms with Gasteiger partial charge in [0.1, 0.15) is 47.1 Å². The van der Waals surface area contributed by atoms with Crippen LogP contribution in [0.1, 0.15) is 10.4 Å². The van der Waals surface area contributed by atoms with Gasteiger partial charge in [0.25, 0.3) is 0 Å². The second kappa shape index (κ2) is 9.20. The van der Waals surface area contributed by atoms with E-state index in [1.165, 1.54) is 6.07 Å². The summed E-state index contributed by atoms with van der Waals surface area (Å²) in [5.41, 5.74) is -2.49. The summed E-state index contributed by atoms with van der Waals surface area (Å²) >= 11 is 0. The fourth-order valence-electron chi connectivity index (χ4n) is 3.25. The number of carbonyl (C=O) groups is 1. The smallest absolute Gasteiger partial charge is 0.339 e. The van der Waals surface area contributed by atoms with Crippen LogP contribution >= 0.6 is 0 Å². The molecule has 0 radical (unpaired) electrons. The van der Waals surface area contributed by atoms with Crippen molar-refractivity contribution in [3.63, 3.8) is 0 Å². The number of phenols is 1. The molecular formula is C18H24O13. The number of carboxylic acid groups (broad SMARTS) is 1. The Labute approximate surface area is 175 Å². The summed E-state index contributed by atoms with van der Waals surface area (Å²) in [6.45, 7) is -2.02. The third-order valence-corrected chi connectivity index (χ3v) is 5.15. The SMILES string of the molecule is O=C(O)c1cc(O[C@@H]2O[C@H](CO)[C@@H](O)[C@@H](O)[C@@H]2O[C@H]2OC[C@@](O)(CO)[C@H]2O)ccc1O. The van der Waals surface area contributed by atoms with Crippen LogP contribution in [-0.4, -0.2) is 115 Å². The molecule has 3 rings (SSSR count). The quantitative estimate of drug-likeness (QED) is 0.206. The van der Waals surface area contributed by atoms with Crippen molar-refractivity contribution < 1.29 is 64.6 Å². The molecule has 1 aromatic rings. The Morgan fingerprint density at radius 3 is 2.45 bits per heavy atom. The van der Waals surface area contributed by atoms with E-state index in [4.69, 9.17) is 24.1 Å². The standard InChI is InChI=1S/C18H24O13/c19-4-10-11(22)12(23)13(31-17-14(24)18(27,5-20)6-28-17)16(30-10)29-7-1-2-9(21)8(3-7)15(25)26/h1-3,10-14,16-17,19-24,27H,4-6H2,(H,25,26)/t10-,11-,12-,13+,14+,16-,17-,18+/m1/s1. The van der Waals surface area contributed by atoms with Gasteiger partial charge in [0.2, 0.25) is 6.29 Å². The number of benzene rings is 1. The average molecular weight is 448 g/mol. The van der Waals surface area contributed by atoms with Crippen molar-refractivity contribution in [2.75, 3.05) is 19.8 Å². The number of hydrogen-bond donors (Lipinski definition) is 8. The molecular weight excluding hydrogens is 424 g/mol. The molecule has 2 heterocycles. The maximum Gasteiger partial charge on any atom is 0.339 e. The molecule has 0 aliphatic carbocycles. The Morgan fingerprint density at radius 1 is 1.16 bits per heavy atom. The Balaban J connectivity index is 1.84. The zero-order chi connectivity index (χ0) is 22.9. The van der Waals surface area contributed by atoms with Gasteiger partial charge in [0.05, 0.1) is 19.8 Å². The summed E-state index contributed by atoms with van der Waals surface area (Å²) in [7, 11) is 0. The van der Waals surface area contributed by atoms with E-state index in [1.807, 2.05) is 0 Å². The van der Waals surface area contributed by atoms with Crippen LogP contribution in [0.4, 0.5) is 0 Å². The van der Waals surface area contributed by atoms with E-state index in [-0.39, 0.29) is 5.75 Å². The van der Waals surface area contributed by atoms with E-state index in [0.717, 1.165) is 12.1 Å². The highest BCUT2D eigenvalue weighted by Gasteiger charge is 2.53. The minimum Gasteiger partial charge on any atom is -0.507 e. The van der Waals surface area contributed by atoms with Crippen molar-refractivity contribution in [1.82, 2.24) is 0 Å². The van der Waals surface area contributed by atoms with Gasteiger partial charge in [-0.1, -0.05) is 0 Å². The molecule has 2 fully saturated rings. The molecule has 31 heavy (non-hydrogen) atoms. The van der Waals surface area contributed by atoms with Crippen LogP contribution in [0.25, 0.3) is 0 Å². The zero-order valence-corrected chi connectivity index (χ0v) is 16.0. The second-order valence-electron chi connectivity index (χ2n) is 7.30. The number of hydrogen-bond acceptors (Lipinski definition) is 12. The fourth-order valence-corrected chi connectivity index (χ4v) is 3.25. The normalized spacial score (nSPS) is 38.2. The van der Waals surface area contributed by atoms with Gasteiger partial charge in [-0.25, -0.2) is 4.79 Å². The monoisotopic (exact) mass is 448 g/mol. The molecule has 2 aliphatic heterocycles. The van der Waals surface area contributed by atoms with Gasteiger partial charge in [-0.15, -0.1) is 0 Å². The largest absolute Gasteiger partial charge is 0.507 e. The van der Waals surface area contributed by atoms with Crippen LogP contribution in [0.3, 0.4) is 0 Å². The Morgan fingerprint density at radius 2 is 1.87 bits per heavy atom. The lowest BCUT2D eigenvalue weighted by Crippen LogP contribution is -2.62. The Kier molecular flexibility index (Phi) is 7.00. The van der Waals surface area contributed by atoms with Gasteiger partial charge < -0.3 is 59.8 Å². The minimum atomic E-state index is -2.01. The summed E-state index contributed by atoms with van der Waals surface area (Å²) in [5.74, 6) is -2.07. The third-order valence-electron chi connectivity index (χ3n) is 5.15. The molecule has 13 nitrogen and oxygen atoms in total. The van der Waals surface area contributed by atoms with Crippen LogP contribution in [0.5, 0.6) is 11.5 Å². The maximum atomic E-state index is 11.2. The summed E-state index contributed by atoms with van der Waals surface area (Å²) in [4.78, 5) is 11.2. The van der Waals surface area contributed by atoms with Crippen LogP contribution < -0.4 is 4.74 Å². The molecule has 174 valence electrons. The van der Waals surface area contributed by atoms with Gasteiger partial charge in [-0.05, 0) is 18.2 Å². The van der Waals surface area contributed by atoms with Gasteiger partial charge in [0, 0.05) is 0 Å². The summed E-state index contributed by atoms with van der Waals surface area (Å²) in [6.07, 6.45) is -11.0. The number of aromatic hydroxyl groups is 1. The lowest BCUT2D eigenvalue weighted by molar-refractivity contribution is -0.318. The lowest BCUT2D eigenvalue weighted by atomic mass is 9.98. The highest BCUT2D eigenvalue weighted by Crippen LogP contribution is 2.32. The van der Waals surface area contributed by atoms with Crippen molar-refractivity contribution in [2.24, 2.45) is 0 Å². The lowest BCUT2D eigenvalue weighted by Gasteiger charge is -2.42. The molecule has 0 saturated carbocycles. The zero-order valence-electron chi connectivity index (χ0n) is 16.0. The topological polar surface area (TPSA) is 216 Å². The third kappa shape index (κ3) is 4.59. The van der Waals surface area contributed by atoms with Gasteiger partial charge in [0.15, 0.2) is 12.4 Å². The van der Waals surface area contributed by atoms with Gasteiger partial charge in [-0.2, -0.15) is 0 Å². The van der Waals surface area contributed by atoms with E-state index < -0.39 is 85.8 Å². The van der Waals surface area contributed by atoms with E-state index in [1.54, 1.807) is 0 Å². The van der Waals surface area contributed by atoms with Crippen molar-refractivity contribution in [3.05, 3.63) is 23.8 Å². The van der Waals surface area contributed by atoms with Gasteiger partial charge in [-0.3, -0.25) is 0 Å². The van der Waals surface area contributed by atoms with E-state index in [2.05, 4.69) is 0 Å². The molecule has 0 aromatic heterocycles. The second-order valence-corrected chi connectivity index (χ2v) is 7.30. The number of ether oxygens (including phenoxy) is 4. The summed E-state index contributed by atoms with van der Waals surface area (Å²) in [6, 6.07) is 3.24. The molecule has 0 amide bonds. The predicted molar refractivity (Wildman–Crippen MR) is 96.1 cm³/mol. The first-order chi connectivity index (χ1) is 14.6. The van der Waals surface area contributed by atoms with Crippen LogP contribution in [-0.2, 0) is 14.2 Å². The number of aliphatic hydroxyl groups excluding tert-OH is 5. The van der Waals surface area contributed by atoms with Crippen molar-refractivity contribution in [1.29, 1.82) is 0 Å². The summed E-state index contributed by atoms with van der Waals surface area (Å²) in [5, 5.41) is 78.3. The molecule has 1 aromatic carbocycles. The van der Waals surface area contributed by atoms with Crippen LogP contribution in [0, 0.1) is 0 Å². The first-order valence-electron chi connectivity index (χ1n) is 9.25. The van der Waals surface area contributed by atoms with Crippen LogP contribution in [0.2, 0.25) is 0 Å². The number of aromatic carboxylic acids is 1. The molecule has 2 aliphatic rings. The minimum absolute atomic E-state index is 0.117.